The van der Waals surface area contributed by atoms with Gasteiger partial charge in [-0.3, -0.25) is 15.1 Å². The molecule has 0 bridgehead atoms. The third-order valence-corrected chi connectivity index (χ3v) is 3.09. The lowest BCUT2D eigenvalue weighted by Gasteiger charge is -2.03. The first kappa shape index (κ1) is 15.4. The van der Waals surface area contributed by atoms with Crippen molar-refractivity contribution in [2.45, 2.75) is 13.8 Å². The maximum absolute atomic E-state index is 10.7. The van der Waals surface area contributed by atoms with Crippen molar-refractivity contribution in [3.8, 4) is 5.75 Å². The summed E-state index contributed by atoms with van der Waals surface area (Å²) in [6.07, 6.45) is 4.94. The Labute approximate surface area is 128 Å². The molecule has 0 aliphatic carbocycles. The van der Waals surface area contributed by atoms with E-state index in [9.17, 15) is 15.2 Å². The van der Waals surface area contributed by atoms with Crippen LogP contribution < -0.4 is 0 Å². The number of nitrogens with zero attached hydrogens (tertiary/aromatic N) is 2. The molecule has 0 saturated carbocycles. The van der Waals surface area contributed by atoms with Crippen LogP contribution in [0.4, 0.5) is 11.4 Å². The second kappa shape index (κ2) is 6.67. The Bertz CT molecular complexity index is 764. The topological polar surface area (TPSA) is 75.7 Å². The first-order valence-electron chi connectivity index (χ1n) is 6.73. The monoisotopic (exact) mass is 296 g/mol. The van der Waals surface area contributed by atoms with E-state index in [1.165, 1.54) is 12.1 Å². The van der Waals surface area contributed by atoms with Crippen LogP contribution in [-0.4, -0.2) is 16.2 Å². The van der Waals surface area contributed by atoms with Crippen LogP contribution in [0, 0.1) is 24.0 Å². The number of phenolic OH excluding ortho intramolecular Hbond substituents is 1. The van der Waals surface area contributed by atoms with Gasteiger partial charge in [0.25, 0.3) is 5.69 Å². The molecule has 2 rings (SSSR count). The molecule has 0 heterocycles. The number of aryl methyl sites for hydroxylation is 2. The number of nitro benzene ring substituents is 1. The molecular formula is C17H16N2O3. The molecule has 0 saturated heterocycles. The van der Waals surface area contributed by atoms with Gasteiger partial charge in [-0.05, 0) is 42.7 Å². The van der Waals surface area contributed by atoms with Crippen molar-refractivity contribution < 1.29 is 10.0 Å². The minimum atomic E-state index is -0.432. The summed E-state index contributed by atoms with van der Waals surface area (Å²) < 4.78 is 0. The SMILES string of the molecule is Cc1cc(C)c(O)c(N=C/C=C/c2cccc([N+](=O)[O-])c2)c1. The summed E-state index contributed by atoms with van der Waals surface area (Å²) in [5.74, 6) is 0.158. The zero-order valence-corrected chi connectivity index (χ0v) is 12.4. The maximum Gasteiger partial charge on any atom is 0.270 e. The molecule has 1 N–H and O–H groups in total. The predicted octanol–water partition coefficient (Wildman–Crippen LogP) is 4.33. The van der Waals surface area contributed by atoms with E-state index >= 15 is 0 Å². The molecule has 0 aromatic heterocycles. The van der Waals surface area contributed by atoms with E-state index < -0.39 is 4.92 Å². The van der Waals surface area contributed by atoms with Gasteiger partial charge in [-0.2, -0.15) is 0 Å². The Morgan fingerprint density at radius 1 is 1.23 bits per heavy atom. The first-order chi connectivity index (χ1) is 10.5. The van der Waals surface area contributed by atoms with Crippen LogP contribution in [0.5, 0.6) is 5.75 Å². The van der Waals surface area contributed by atoms with E-state index in [1.54, 1.807) is 36.6 Å². The number of benzene rings is 2. The Morgan fingerprint density at radius 2 is 2.00 bits per heavy atom. The van der Waals surface area contributed by atoms with Crippen LogP contribution >= 0.6 is 0 Å². The number of rotatable bonds is 4. The van der Waals surface area contributed by atoms with Crippen molar-refractivity contribution in [2.75, 3.05) is 0 Å². The number of nitro groups is 1. The summed E-state index contributed by atoms with van der Waals surface area (Å²) in [6.45, 7) is 3.75. The molecule has 22 heavy (non-hydrogen) atoms. The van der Waals surface area contributed by atoms with Crippen LogP contribution in [0.2, 0.25) is 0 Å². The average Bonchev–Trinajstić information content (AvgIpc) is 2.48. The summed E-state index contributed by atoms with van der Waals surface area (Å²) in [5.41, 5.74) is 3.05. The van der Waals surface area contributed by atoms with E-state index in [0.29, 0.717) is 11.3 Å². The van der Waals surface area contributed by atoms with Crippen molar-refractivity contribution >= 4 is 23.7 Å². The Hall–Kier alpha value is -2.95. The Kier molecular flexibility index (Phi) is 4.68. The fraction of sp³-hybridized carbons (Fsp3) is 0.118. The molecule has 0 unspecified atom stereocenters. The molecule has 0 aliphatic heterocycles. The van der Waals surface area contributed by atoms with Gasteiger partial charge in [-0.25, -0.2) is 0 Å². The second-order valence-corrected chi connectivity index (χ2v) is 4.94. The van der Waals surface area contributed by atoms with Crippen molar-refractivity contribution in [1.29, 1.82) is 0 Å². The number of phenols is 1. The van der Waals surface area contributed by atoms with Gasteiger partial charge in [0.05, 0.1) is 4.92 Å². The zero-order valence-electron chi connectivity index (χ0n) is 12.4. The van der Waals surface area contributed by atoms with Gasteiger partial charge >= 0.3 is 0 Å². The van der Waals surface area contributed by atoms with Crippen LogP contribution in [0.15, 0.2) is 47.5 Å². The van der Waals surface area contributed by atoms with E-state index in [0.717, 1.165) is 11.1 Å². The average molecular weight is 296 g/mol. The van der Waals surface area contributed by atoms with Crippen molar-refractivity contribution in [3.63, 3.8) is 0 Å². The van der Waals surface area contributed by atoms with Gasteiger partial charge in [0, 0.05) is 18.3 Å². The van der Waals surface area contributed by atoms with E-state index in [2.05, 4.69) is 4.99 Å². The highest BCUT2D eigenvalue weighted by Gasteiger charge is 2.04. The van der Waals surface area contributed by atoms with E-state index in [-0.39, 0.29) is 11.4 Å². The lowest BCUT2D eigenvalue weighted by molar-refractivity contribution is -0.384. The van der Waals surface area contributed by atoms with E-state index in [1.807, 2.05) is 19.9 Å². The Balaban J connectivity index is 2.16. The van der Waals surface area contributed by atoms with Gasteiger partial charge in [0.2, 0.25) is 0 Å². The summed E-state index contributed by atoms with van der Waals surface area (Å²) in [7, 11) is 0. The lowest BCUT2D eigenvalue weighted by atomic mass is 10.1. The minimum absolute atomic E-state index is 0.0473. The number of allylic oxidation sites excluding steroid dienone is 1. The van der Waals surface area contributed by atoms with Crippen LogP contribution in [0.25, 0.3) is 6.08 Å². The molecule has 112 valence electrons. The quantitative estimate of drug-likeness (QED) is 0.518. The third kappa shape index (κ3) is 3.79. The fourth-order valence-corrected chi connectivity index (χ4v) is 2.06. The second-order valence-electron chi connectivity index (χ2n) is 4.94. The van der Waals surface area contributed by atoms with Crippen molar-refractivity contribution in [3.05, 3.63) is 69.3 Å². The maximum atomic E-state index is 10.7. The molecule has 5 heteroatoms. The number of non-ortho nitro benzene ring substituents is 1. The van der Waals surface area contributed by atoms with Gasteiger partial charge < -0.3 is 5.11 Å². The molecule has 2 aromatic rings. The highest BCUT2D eigenvalue weighted by Crippen LogP contribution is 2.30. The molecule has 0 radical (unpaired) electrons. The molecule has 0 aliphatic rings. The third-order valence-electron chi connectivity index (χ3n) is 3.09. The van der Waals surface area contributed by atoms with Crippen LogP contribution in [0.3, 0.4) is 0 Å². The molecular weight excluding hydrogens is 280 g/mol. The van der Waals surface area contributed by atoms with Gasteiger partial charge in [-0.1, -0.05) is 24.3 Å². The van der Waals surface area contributed by atoms with Gasteiger partial charge in [-0.15, -0.1) is 0 Å². The summed E-state index contributed by atoms with van der Waals surface area (Å²) in [4.78, 5) is 14.5. The smallest absolute Gasteiger partial charge is 0.270 e. The Morgan fingerprint density at radius 3 is 2.73 bits per heavy atom. The molecule has 0 atom stereocenters. The number of hydrogen-bond donors (Lipinski definition) is 1. The first-order valence-corrected chi connectivity index (χ1v) is 6.73. The number of hydrogen-bond acceptors (Lipinski definition) is 4. The van der Waals surface area contributed by atoms with Gasteiger partial charge in [0.15, 0.2) is 0 Å². The summed E-state index contributed by atoms with van der Waals surface area (Å²) in [5, 5.41) is 20.6. The lowest BCUT2D eigenvalue weighted by Crippen LogP contribution is -1.87. The highest BCUT2D eigenvalue weighted by atomic mass is 16.6. The van der Waals surface area contributed by atoms with Crippen LogP contribution in [-0.2, 0) is 0 Å². The number of aromatic hydroxyl groups is 1. The summed E-state index contributed by atoms with van der Waals surface area (Å²) in [6, 6.07) is 10.0. The molecule has 0 amide bonds. The van der Waals surface area contributed by atoms with E-state index in [4.69, 9.17) is 0 Å². The standard InChI is InChI=1S/C17H16N2O3/c1-12-9-13(2)17(20)16(10-12)18-8-4-6-14-5-3-7-15(11-14)19(21)22/h3-11,20H,1-2H3/b6-4+,18-8?. The summed E-state index contributed by atoms with van der Waals surface area (Å²) >= 11 is 0. The normalized spacial score (nSPS) is 11.4. The predicted molar refractivity (Wildman–Crippen MR) is 87.9 cm³/mol. The zero-order chi connectivity index (χ0) is 16.1. The molecule has 5 nitrogen and oxygen atoms in total. The van der Waals surface area contributed by atoms with Crippen molar-refractivity contribution in [2.24, 2.45) is 4.99 Å². The fourth-order valence-electron chi connectivity index (χ4n) is 2.06. The molecule has 2 aromatic carbocycles. The van der Waals surface area contributed by atoms with Gasteiger partial charge in [0.1, 0.15) is 11.4 Å². The number of aliphatic imine (C=N–C) groups is 1. The largest absolute Gasteiger partial charge is 0.505 e. The van der Waals surface area contributed by atoms with Crippen LogP contribution in [0.1, 0.15) is 16.7 Å². The minimum Gasteiger partial charge on any atom is -0.505 e. The molecule has 0 fully saturated rings. The van der Waals surface area contributed by atoms with Crippen molar-refractivity contribution in [1.82, 2.24) is 0 Å². The highest BCUT2D eigenvalue weighted by molar-refractivity contribution is 5.81. The molecule has 0 spiro atoms.